The number of amides is 3. The zero-order valence-electron chi connectivity index (χ0n) is 35.1. The molecule has 3 atom stereocenters. The van der Waals surface area contributed by atoms with Crippen LogP contribution >= 0.6 is 0 Å². The minimum atomic E-state index is -1.01. The van der Waals surface area contributed by atoms with Crippen molar-refractivity contribution in [3.05, 3.63) is 77.1 Å². The molecular formula is C45H52F2N10O4. The smallest absolute Gasteiger partial charge is 0.280 e. The summed E-state index contributed by atoms with van der Waals surface area (Å²) in [6.45, 7) is 11.4. The second kappa shape index (κ2) is 16.5. The second-order valence-corrected chi connectivity index (χ2v) is 17.2. The largest absolute Gasteiger partial charge is 0.477 e. The number of rotatable bonds is 4. The number of aryl methyl sites for hydroxylation is 2. The van der Waals surface area contributed by atoms with Gasteiger partial charge >= 0.3 is 0 Å². The Morgan fingerprint density at radius 1 is 0.869 bits per heavy atom. The molecule has 0 saturated carbocycles. The first-order valence-corrected chi connectivity index (χ1v) is 21.4. The molecule has 14 nitrogen and oxygen atoms in total. The molecule has 0 unspecified atom stereocenters. The minimum absolute atomic E-state index is 0.0558. The van der Waals surface area contributed by atoms with Gasteiger partial charge in [0.2, 0.25) is 23.7 Å². The highest BCUT2D eigenvalue weighted by molar-refractivity contribution is 6.19. The van der Waals surface area contributed by atoms with E-state index in [4.69, 9.17) is 9.72 Å². The number of nitrogens with one attached hydrogen (secondary N) is 2. The fourth-order valence-corrected chi connectivity index (χ4v) is 9.72. The fraction of sp³-hybridized carbons (Fsp3) is 0.467. The van der Waals surface area contributed by atoms with Gasteiger partial charge in [-0.25, -0.2) is 13.5 Å². The van der Waals surface area contributed by atoms with Crippen LogP contribution in [-0.2, 0) is 16.6 Å². The Bertz CT molecular complexity index is 2390. The van der Waals surface area contributed by atoms with Crippen molar-refractivity contribution < 1.29 is 27.9 Å². The van der Waals surface area contributed by atoms with Gasteiger partial charge in [-0.15, -0.1) is 0 Å². The van der Waals surface area contributed by atoms with Crippen LogP contribution in [-0.4, -0.2) is 101 Å². The van der Waals surface area contributed by atoms with E-state index in [1.165, 1.54) is 12.1 Å². The summed E-state index contributed by atoms with van der Waals surface area (Å²) in [5, 5.41) is 10.1. The van der Waals surface area contributed by atoms with Gasteiger partial charge in [0.05, 0.1) is 41.4 Å². The topological polar surface area (TPSA) is 141 Å². The van der Waals surface area contributed by atoms with Gasteiger partial charge in [0, 0.05) is 93.0 Å². The number of ether oxygens (including phenoxy) is 1. The summed E-state index contributed by atoms with van der Waals surface area (Å²) in [6, 6.07) is 13.2. The predicted molar refractivity (Wildman–Crippen MR) is 229 cm³/mol. The molecule has 16 heteroatoms. The Kier molecular flexibility index (Phi) is 11.0. The first-order valence-electron chi connectivity index (χ1n) is 21.4. The first-order chi connectivity index (χ1) is 29.4. The molecule has 7 heterocycles. The van der Waals surface area contributed by atoms with E-state index in [2.05, 4.69) is 67.5 Å². The number of fused-ring (bicyclic) bond motifs is 7. The van der Waals surface area contributed by atoms with Gasteiger partial charge in [0.1, 0.15) is 11.6 Å². The number of imide groups is 1. The summed E-state index contributed by atoms with van der Waals surface area (Å²) >= 11 is 0. The fourth-order valence-electron chi connectivity index (χ4n) is 9.72. The molecule has 4 aromatic rings. The van der Waals surface area contributed by atoms with E-state index in [0.29, 0.717) is 66.8 Å². The zero-order chi connectivity index (χ0) is 42.5. The summed E-state index contributed by atoms with van der Waals surface area (Å²) in [5.41, 5.74) is 5.69. The van der Waals surface area contributed by atoms with E-state index in [-0.39, 0.29) is 36.3 Å². The molecule has 0 aliphatic carbocycles. The number of hydrogen-bond acceptors (Lipinski definition) is 11. The average molecular weight is 835 g/mol. The van der Waals surface area contributed by atoms with E-state index in [1.54, 1.807) is 23.0 Å². The normalized spacial score (nSPS) is 23.8. The summed E-state index contributed by atoms with van der Waals surface area (Å²) in [7, 11) is 1.84. The standard InChI is InChI=1S/C45H52F2N10O4/c1-26-6-5-17-61-44-34(23-48-53(44)4)38-19-29(18-27(2)49-38)42(59)52-45-50-37-9-7-31(22-39(37)57(45)24-26)56-16-15-55(25-28(56)3)30-11-13-54(14-12-30)32-20-35(46)41(36(47)21-32)33-8-10-40(58)51-43(33)60/h7,9,18-23,26,28,30,33H,5-6,8,10-17,24-25H2,1-4H3,(H,50,52,59)(H,51,58,60)/t26-,28+,33-/m1/s1. The van der Waals surface area contributed by atoms with Gasteiger partial charge in [0.25, 0.3) is 5.91 Å². The van der Waals surface area contributed by atoms with E-state index in [1.807, 2.05) is 18.9 Å². The molecule has 2 aromatic carbocycles. The number of halogens is 2. The third-order valence-corrected chi connectivity index (χ3v) is 12.9. The maximum atomic E-state index is 15.3. The Hall–Kier alpha value is -5.90. The van der Waals surface area contributed by atoms with Crippen molar-refractivity contribution in [1.82, 2.24) is 25.0 Å². The molecule has 5 aliphatic rings. The molecule has 9 rings (SSSR count). The summed E-state index contributed by atoms with van der Waals surface area (Å²) < 4.78 is 38.6. The number of hydrogen-bond donors (Lipinski definition) is 2. The van der Waals surface area contributed by atoms with Crippen LogP contribution in [0.25, 0.3) is 11.3 Å². The van der Waals surface area contributed by atoms with E-state index in [9.17, 15) is 14.4 Å². The third-order valence-electron chi connectivity index (χ3n) is 12.9. The maximum absolute atomic E-state index is 15.3. The molecule has 2 aromatic heterocycles. The van der Waals surface area contributed by atoms with Crippen molar-refractivity contribution in [3.8, 4) is 17.1 Å². The average Bonchev–Trinajstić information content (AvgIpc) is 3.77. The van der Waals surface area contributed by atoms with Crippen LogP contribution in [0.2, 0.25) is 0 Å². The second-order valence-electron chi connectivity index (χ2n) is 17.2. The molecule has 3 amide bonds. The highest BCUT2D eigenvalue weighted by atomic mass is 19.1. The highest BCUT2D eigenvalue weighted by Gasteiger charge is 2.36. The van der Waals surface area contributed by atoms with Crippen molar-refractivity contribution in [3.63, 3.8) is 0 Å². The first kappa shape index (κ1) is 40.5. The number of aromatic nitrogens is 3. The van der Waals surface area contributed by atoms with Crippen molar-refractivity contribution in [2.75, 3.05) is 65.9 Å². The molecule has 2 N–H and O–H groups in total. The van der Waals surface area contributed by atoms with Gasteiger partial charge in [-0.3, -0.25) is 29.6 Å². The van der Waals surface area contributed by atoms with E-state index in [0.717, 1.165) is 67.9 Å². The SMILES string of the molecule is Cc1cc2cc(n1)-c1cnn(C)c1OCCC[C@@H](C)CN1/C(=N/C2=O)Nc2ccc(N3CCN(C4CCN(c5cc(F)c([C@H]6CCC(=O)NC6=O)c(F)c5)CC4)C[C@@H]3C)cc21. The number of piperazine rings is 1. The van der Waals surface area contributed by atoms with Gasteiger partial charge < -0.3 is 24.8 Å². The molecule has 2 bridgehead atoms. The summed E-state index contributed by atoms with van der Waals surface area (Å²) in [6.07, 6.45) is 5.35. The predicted octanol–water partition coefficient (Wildman–Crippen LogP) is 6.01. The minimum Gasteiger partial charge on any atom is -0.477 e. The number of carbonyl (C=O) groups excluding carboxylic acids is 3. The van der Waals surface area contributed by atoms with Crippen molar-refractivity contribution in [2.45, 2.75) is 77.3 Å². The lowest BCUT2D eigenvalue weighted by molar-refractivity contribution is -0.134. The Morgan fingerprint density at radius 2 is 1.66 bits per heavy atom. The number of piperidine rings is 2. The Labute approximate surface area is 353 Å². The third kappa shape index (κ3) is 8.05. The molecule has 3 fully saturated rings. The molecule has 61 heavy (non-hydrogen) atoms. The Balaban J connectivity index is 0.875. The van der Waals surface area contributed by atoms with Crippen LogP contribution in [0.1, 0.15) is 79.9 Å². The van der Waals surface area contributed by atoms with Crippen LogP contribution < -0.4 is 30.1 Å². The molecule has 3 saturated heterocycles. The number of anilines is 4. The van der Waals surface area contributed by atoms with Crippen LogP contribution in [0.5, 0.6) is 5.88 Å². The van der Waals surface area contributed by atoms with Crippen LogP contribution in [0.3, 0.4) is 0 Å². The van der Waals surface area contributed by atoms with Gasteiger partial charge in [-0.2, -0.15) is 10.1 Å². The molecule has 320 valence electrons. The lowest BCUT2D eigenvalue weighted by Gasteiger charge is -2.46. The lowest BCUT2D eigenvalue weighted by Crippen LogP contribution is -2.57. The number of carbonyl (C=O) groups is 3. The quantitative estimate of drug-likeness (QED) is 0.234. The maximum Gasteiger partial charge on any atom is 0.280 e. The Morgan fingerprint density at radius 3 is 2.41 bits per heavy atom. The van der Waals surface area contributed by atoms with Gasteiger partial charge in [-0.05, 0) is 94.3 Å². The number of pyridine rings is 1. The van der Waals surface area contributed by atoms with Crippen molar-refractivity contribution in [2.24, 2.45) is 18.0 Å². The molecule has 0 spiro atoms. The van der Waals surface area contributed by atoms with Crippen LogP contribution in [0, 0.1) is 24.5 Å². The number of nitrogens with zero attached hydrogens (tertiary/aromatic N) is 8. The van der Waals surface area contributed by atoms with Crippen LogP contribution in [0.4, 0.5) is 31.5 Å². The van der Waals surface area contributed by atoms with Crippen molar-refractivity contribution >= 4 is 46.4 Å². The summed E-state index contributed by atoms with van der Waals surface area (Å²) in [4.78, 5) is 56.4. The van der Waals surface area contributed by atoms with Gasteiger partial charge in [-0.1, -0.05) is 6.92 Å². The summed E-state index contributed by atoms with van der Waals surface area (Å²) in [5.74, 6) is -2.56. The number of benzene rings is 2. The van der Waals surface area contributed by atoms with E-state index >= 15 is 8.78 Å². The van der Waals surface area contributed by atoms with E-state index < -0.39 is 29.4 Å². The zero-order valence-corrected chi connectivity index (χ0v) is 35.1. The molecule has 5 aliphatic heterocycles. The highest BCUT2D eigenvalue weighted by Crippen LogP contribution is 2.39. The lowest BCUT2D eigenvalue weighted by atomic mass is 9.89. The molecular weight excluding hydrogens is 783 g/mol. The van der Waals surface area contributed by atoms with Crippen LogP contribution in [0.15, 0.2) is 53.7 Å². The number of aliphatic imine (C=N–C) groups is 1. The monoisotopic (exact) mass is 834 g/mol. The number of guanidine groups is 1. The van der Waals surface area contributed by atoms with Crippen molar-refractivity contribution in [1.29, 1.82) is 0 Å². The molecule has 0 radical (unpaired) electrons. The van der Waals surface area contributed by atoms with Gasteiger partial charge in [0.15, 0.2) is 0 Å².